The summed E-state index contributed by atoms with van der Waals surface area (Å²) in [5.41, 5.74) is 16.1. The third kappa shape index (κ3) is 6.09. The van der Waals surface area contributed by atoms with Crippen LogP contribution < -0.4 is 31.1 Å². The molecule has 0 aromatic heterocycles. The summed E-state index contributed by atoms with van der Waals surface area (Å²) in [6.07, 6.45) is 0. The van der Waals surface area contributed by atoms with Crippen molar-refractivity contribution in [3.8, 4) is 0 Å². The molecule has 0 bridgehead atoms. The Morgan fingerprint density at radius 3 is 1.64 bits per heavy atom. The molecule has 2 aromatic carbocycles. The van der Waals surface area contributed by atoms with E-state index < -0.39 is 16.3 Å². The lowest BCUT2D eigenvalue weighted by Gasteiger charge is -2.53. The van der Waals surface area contributed by atoms with Gasteiger partial charge in [-0.1, -0.05) is 0 Å². The summed E-state index contributed by atoms with van der Waals surface area (Å²) < 4.78 is 34.7. The first-order valence-electron chi connectivity index (χ1n) is 12.6. The quantitative estimate of drug-likeness (QED) is 0.165. The van der Waals surface area contributed by atoms with Gasteiger partial charge in [-0.2, -0.15) is 16.8 Å². The third-order valence-electron chi connectivity index (χ3n) is 6.72. The number of hydrogen-bond donors (Lipinski definition) is 6. The van der Waals surface area contributed by atoms with Crippen molar-refractivity contribution in [2.75, 3.05) is 103 Å². The first-order chi connectivity index (χ1) is 18.7. The van der Waals surface area contributed by atoms with E-state index in [-0.39, 0.29) is 33.0 Å². The maximum atomic E-state index is 12.0. The van der Waals surface area contributed by atoms with Gasteiger partial charge in [-0.25, -0.2) is 0 Å². The molecule has 1 spiro atoms. The van der Waals surface area contributed by atoms with Crippen LogP contribution in [0.4, 0.5) is 34.1 Å². The van der Waals surface area contributed by atoms with E-state index in [2.05, 4.69) is 0 Å². The Kier molecular flexibility index (Phi) is 8.90. The molecule has 14 nitrogen and oxygen atoms in total. The zero-order chi connectivity index (χ0) is 28.2. The standard InChI is InChI=1S/C24H36N6O8S/c25-20-15-18(27(7-11-31)8-12-32)1-3-22(20)29-5-6-30(24(17-29)37-39(35,36)38-24)23-4-2-19(16-21(23)26)28(9-13-33)10-14-34/h1-4,15-16,31-34H,5-14,17,25-26H2. The van der Waals surface area contributed by atoms with Gasteiger partial charge in [-0.3, -0.25) is 0 Å². The minimum atomic E-state index is -4.18. The van der Waals surface area contributed by atoms with Gasteiger partial charge in [0.2, 0.25) is 0 Å². The van der Waals surface area contributed by atoms with Gasteiger partial charge in [0.1, 0.15) is 0 Å². The van der Waals surface area contributed by atoms with E-state index in [4.69, 9.17) is 19.8 Å². The van der Waals surface area contributed by atoms with E-state index in [9.17, 15) is 28.8 Å². The molecular weight excluding hydrogens is 532 g/mol. The largest absolute Gasteiger partial charge is 0.408 e. The first-order valence-corrected chi connectivity index (χ1v) is 13.9. The first kappa shape index (κ1) is 28.9. The molecule has 2 aliphatic heterocycles. The minimum Gasteiger partial charge on any atom is -0.397 e. The smallest absolute Gasteiger partial charge is 0.397 e. The lowest BCUT2D eigenvalue weighted by Crippen LogP contribution is -2.72. The van der Waals surface area contributed by atoms with Crippen molar-refractivity contribution in [1.29, 1.82) is 0 Å². The molecule has 0 aliphatic carbocycles. The number of anilines is 6. The fourth-order valence-electron chi connectivity index (χ4n) is 5.01. The fourth-order valence-corrected chi connectivity index (χ4v) is 5.94. The van der Waals surface area contributed by atoms with E-state index in [1.165, 1.54) is 0 Å². The summed E-state index contributed by atoms with van der Waals surface area (Å²) in [5.74, 6) is -1.66. The summed E-state index contributed by atoms with van der Waals surface area (Å²) >= 11 is 0. The number of nitrogens with two attached hydrogens (primary N) is 2. The molecule has 0 atom stereocenters. The topological polar surface area (TPSA) is 199 Å². The van der Waals surface area contributed by atoms with Gasteiger partial charge in [0.05, 0.1) is 55.7 Å². The Morgan fingerprint density at radius 1 is 0.769 bits per heavy atom. The number of rotatable bonds is 12. The maximum Gasteiger partial charge on any atom is 0.408 e. The Bertz CT molecular complexity index is 1230. The molecule has 8 N–H and O–H groups in total. The molecule has 2 aliphatic rings. The number of nitrogen functional groups attached to an aromatic ring is 2. The summed E-state index contributed by atoms with van der Waals surface area (Å²) in [7, 11) is -4.18. The van der Waals surface area contributed by atoms with Crippen LogP contribution in [0.15, 0.2) is 36.4 Å². The van der Waals surface area contributed by atoms with Crippen LogP contribution in [0.25, 0.3) is 0 Å². The highest BCUT2D eigenvalue weighted by Crippen LogP contribution is 2.44. The second-order valence-electron chi connectivity index (χ2n) is 9.22. The van der Waals surface area contributed by atoms with E-state index >= 15 is 0 Å². The Hall–Kier alpha value is -3.05. The Balaban J connectivity index is 1.59. The number of benzene rings is 2. The van der Waals surface area contributed by atoms with Crippen LogP contribution in [0.1, 0.15) is 0 Å². The summed E-state index contributed by atoms with van der Waals surface area (Å²) in [4.78, 5) is 7.10. The van der Waals surface area contributed by atoms with E-state index in [1.54, 1.807) is 45.0 Å². The number of hydrogen-bond acceptors (Lipinski definition) is 14. The monoisotopic (exact) mass is 568 g/mol. The molecule has 0 saturated carbocycles. The van der Waals surface area contributed by atoms with Crippen LogP contribution in [-0.4, -0.2) is 107 Å². The Labute approximate surface area is 227 Å². The predicted molar refractivity (Wildman–Crippen MR) is 148 cm³/mol. The van der Waals surface area contributed by atoms with Crippen molar-refractivity contribution in [3.05, 3.63) is 36.4 Å². The van der Waals surface area contributed by atoms with Crippen LogP contribution in [-0.2, 0) is 18.8 Å². The summed E-state index contributed by atoms with van der Waals surface area (Å²) in [5, 5.41) is 37.4. The second kappa shape index (κ2) is 12.0. The maximum absolute atomic E-state index is 12.0. The van der Waals surface area contributed by atoms with Crippen LogP contribution in [0.3, 0.4) is 0 Å². The van der Waals surface area contributed by atoms with Gasteiger partial charge >= 0.3 is 16.3 Å². The number of piperazine rings is 1. The fraction of sp³-hybridized carbons (Fsp3) is 0.500. The van der Waals surface area contributed by atoms with Gasteiger partial charge in [0.15, 0.2) is 0 Å². The van der Waals surface area contributed by atoms with Crippen molar-refractivity contribution >= 4 is 44.5 Å². The number of aliphatic hydroxyl groups excluding tert-OH is 4. The molecule has 2 aromatic rings. The van der Waals surface area contributed by atoms with Gasteiger partial charge in [-0.05, 0) is 36.4 Å². The number of aliphatic hydroxyl groups is 4. The van der Waals surface area contributed by atoms with Crippen LogP contribution in [0, 0.1) is 0 Å². The summed E-state index contributed by atoms with van der Waals surface area (Å²) in [6, 6.07) is 10.5. The van der Waals surface area contributed by atoms with Gasteiger partial charge in [0.25, 0.3) is 0 Å². The zero-order valence-corrected chi connectivity index (χ0v) is 22.3. The average molecular weight is 569 g/mol. The predicted octanol–water partition coefficient (Wildman–Crippen LogP) is -1.29. The molecule has 0 amide bonds. The molecule has 2 saturated heterocycles. The van der Waals surface area contributed by atoms with Crippen molar-refractivity contribution in [2.24, 2.45) is 0 Å². The normalized spacial score (nSPS) is 17.7. The molecule has 15 heteroatoms. The van der Waals surface area contributed by atoms with Crippen LogP contribution in [0.2, 0.25) is 0 Å². The molecule has 4 rings (SSSR count). The van der Waals surface area contributed by atoms with Crippen LogP contribution in [0.5, 0.6) is 0 Å². The minimum absolute atomic E-state index is 0.00904. The Morgan fingerprint density at radius 2 is 1.23 bits per heavy atom. The lowest BCUT2D eigenvalue weighted by atomic mass is 10.1. The van der Waals surface area contributed by atoms with Gasteiger partial charge < -0.3 is 51.5 Å². The number of nitrogens with zero attached hydrogens (tertiary/aromatic N) is 4. The molecule has 39 heavy (non-hydrogen) atoms. The SMILES string of the molecule is Nc1cc(N(CCO)CCO)ccc1N1CCN(c2ccc(N(CCO)CCO)cc2N)C2(C1)OS(=O)(=O)O2. The highest BCUT2D eigenvalue weighted by molar-refractivity contribution is 7.82. The molecule has 216 valence electrons. The molecule has 2 fully saturated rings. The highest BCUT2D eigenvalue weighted by atomic mass is 32.3. The molecule has 0 radical (unpaired) electrons. The third-order valence-corrected chi connectivity index (χ3v) is 7.65. The van der Waals surface area contributed by atoms with Crippen molar-refractivity contribution < 1.29 is 37.2 Å². The highest BCUT2D eigenvalue weighted by Gasteiger charge is 2.60. The average Bonchev–Trinajstić information content (AvgIpc) is 2.87. The van der Waals surface area contributed by atoms with Gasteiger partial charge in [0, 0.05) is 50.6 Å². The lowest BCUT2D eigenvalue weighted by molar-refractivity contribution is -0.184. The van der Waals surface area contributed by atoms with Crippen molar-refractivity contribution in [2.45, 2.75) is 5.91 Å². The van der Waals surface area contributed by atoms with E-state index in [0.717, 1.165) is 5.69 Å². The van der Waals surface area contributed by atoms with E-state index in [0.29, 0.717) is 67.7 Å². The van der Waals surface area contributed by atoms with Crippen molar-refractivity contribution in [1.82, 2.24) is 0 Å². The van der Waals surface area contributed by atoms with E-state index in [1.807, 2.05) is 11.0 Å². The molecule has 0 unspecified atom stereocenters. The summed E-state index contributed by atoms with van der Waals surface area (Å²) in [6.45, 7) is 1.66. The van der Waals surface area contributed by atoms with Crippen LogP contribution >= 0.6 is 0 Å². The zero-order valence-electron chi connectivity index (χ0n) is 21.5. The van der Waals surface area contributed by atoms with Gasteiger partial charge in [-0.15, -0.1) is 0 Å². The van der Waals surface area contributed by atoms with Crippen molar-refractivity contribution in [3.63, 3.8) is 0 Å². The molecular formula is C24H36N6O8S. The second-order valence-corrected chi connectivity index (χ2v) is 10.4. The molecule has 2 heterocycles.